The first-order chi connectivity index (χ1) is 6.26. The molecule has 0 amide bonds. The maximum atomic E-state index is 10.9. The van der Waals surface area contributed by atoms with Gasteiger partial charge < -0.3 is 4.74 Å². The van der Waals surface area contributed by atoms with Crippen molar-refractivity contribution >= 4 is 6.29 Å². The molecule has 1 aromatic carbocycles. The highest BCUT2D eigenvalue weighted by molar-refractivity contribution is 5.67. The molecule has 0 bridgehead atoms. The molecule has 2 rings (SSSR count). The normalized spacial score (nSPS) is 26.5. The molecule has 0 N–H and O–H groups in total. The molecule has 2 heteroatoms. The van der Waals surface area contributed by atoms with Crippen molar-refractivity contribution in [2.75, 3.05) is 6.61 Å². The minimum Gasteiger partial charge on any atom is -0.363 e. The Hall–Kier alpha value is -1.15. The molecule has 1 aliphatic rings. The van der Waals surface area contributed by atoms with Crippen LogP contribution in [-0.2, 0) is 21.6 Å². The number of aldehydes is 1. The smallest absolute Gasteiger partial charge is 0.156 e. The molecule has 0 aliphatic carbocycles. The van der Waals surface area contributed by atoms with Gasteiger partial charge in [0.05, 0.1) is 6.61 Å². The summed E-state index contributed by atoms with van der Waals surface area (Å²) in [6.07, 6.45) is 1.78. The second kappa shape index (κ2) is 2.96. The quantitative estimate of drug-likeness (QED) is 0.608. The van der Waals surface area contributed by atoms with Crippen LogP contribution in [0.3, 0.4) is 0 Å². The molecule has 0 fully saturated rings. The van der Waals surface area contributed by atoms with Gasteiger partial charge in [-0.1, -0.05) is 24.3 Å². The van der Waals surface area contributed by atoms with Gasteiger partial charge >= 0.3 is 0 Å². The van der Waals surface area contributed by atoms with Gasteiger partial charge in [0, 0.05) is 0 Å². The number of hydrogen-bond acceptors (Lipinski definition) is 2. The van der Waals surface area contributed by atoms with E-state index in [1.54, 1.807) is 0 Å². The van der Waals surface area contributed by atoms with Crippen molar-refractivity contribution < 1.29 is 9.53 Å². The Morgan fingerprint density at radius 3 is 3.00 bits per heavy atom. The molecule has 1 atom stereocenters. The van der Waals surface area contributed by atoms with E-state index in [2.05, 4.69) is 6.07 Å². The van der Waals surface area contributed by atoms with Gasteiger partial charge in [0.25, 0.3) is 0 Å². The average Bonchev–Trinajstić information content (AvgIpc) is 2.19. The third-order valence-electron chi connectivity index (χ3n) is 2.55. The lowest BCUT2D eigenvalue weighted by molar-refractivity contribution is -0.131. The highest BCUT2D eigenvalue weighted by Crippen LogP contribution is 2.30. The van der Waals surface area contributed by atoms with Gasteiger partial charge in [-0.15, -0.1) is 0 Å². The van der Waals surface area contributed by atoms with E-state index >= 15 is 0 Å². The van der Waals surface area contributed by atoms with Gasteiger partial charge in [-0.25, -0.2) is 0 Å². The predicted octanol–water partition coefficient (Wildman–Crippen LogP) is 1.67. The molecule has 0 radical (unpaired) electrons. The summed E-state index contributed by atoms with van der Waals surface area (Å²) in [5.41, 5.74) is 1.51. The van der Waals surface area contributed by atoms with Crippen LogP contribution in [0, 0.1) is 0 Å². The van der Waals surface area contributed by atoms with Gasteiger partial charge in [0.1, 0.15) is 5.60 Å². The molecule has 0 unspecified atom stereocenters. The van der Waals surface area contributed by atoms with Gasteiger partial charge in [0.15, 0.2) is 6.29 Å². The fourth-order valence-corrected chi connectivity index (χ4v) is 1.77. The molecule has 1 heterocycles. The number of ether oxygens (including phenoxy) is 1. The molecular weight excluding hydrogens is 164 g/mol. The van der Waals surface area contributed by atoms with Crippen LogP contribution < -0.4 is 0 Å². The molecule has 0 saturated carbocycles. The lowest BCUT2D eigenvalue weighted by Gasteiger charge is -2.31. The molecule has 1 aromatic rings. The van der Waals surface area contributed by atoms with Crippen molar-refractivity contribution in [2.45, 2.75) is 18.9 Å². The summed E-state index contributed by atoms with van der Waals surface area (Å²) < 4.78 is 5.47. The average molecular weight is 176 g/mol. The molecule has 0 spiro atoms. The van der Waals surface area contributed by atoms with Gasteiger partial charge in [-0.2, -0.15) is 0 Å². The van der Waals surface area contributed by atoms with Crippen molar-refractivity contribution in [1.82, 2.24) is 0 Å². The van der Waals surface area contributed by atoms with Crippen LogP contribution >= 0.6 is 0 Å². The second-order valence-electron chi connectivity index (χ2n) is 3.48. The number of hydrogen-bond donors (Lipinski definition) is 0. The van der Waals surface area contributed by atoms with Crippen LogP contribution in [0.2, 0.25) is 0 Å². The number of benzene rings is 1. The van der Waals surface area contributed by atoms with Crippen LogP contribution in [0.25, 0.3) is 0 Å². The van der Waals surface area contributed by atoms with Crippen LogP contribution in [0.1, 0.15) is 18.1 Å². The summed E-state index contributed by atoms with van der Waals surface area (Å²) in [4.78, 5) is 10.9. The van der Waals surface area contributed by atoms with E-state index in [9.17, 15) is 4.79 Å². The maximum absolute atomic E-state index is 10.9. The highest BCUT2D eigenvalue weighted by atomic mass is 16.5. The Morgan fingerprint density at radius 1 is 1.46 bits per heavy atom. The number of rotatable bonds is 1. The minimum absolute atomic E-state index is 0.631. The van der Waals surface area contributed by atoms with Crippen molar-refractivity contribution in [3.05, 3.63) is 35.4 Å². The minimum atomic E-state index is -0.727. The molecule has 68 valence electrons. The first-order valence-corrected chi connectivity index (χ1v) is 4.45. The van der Waals surface area contributed by atoms with E-state index in [0.717, 1.165) is 18.3 Å². The van der Waals surface area contributed by atoms with E-state index in [1.807, 2.05) is 25.1 Å². The largest absolute Gasteiger partial charge is 0.363 e. The topological polar surface area (TPSA) is 26.3 Å². The summed E-state index contributed by atoms with van der Waals surface area (Å²) in [5, 5.41) is 0. The lowest BCUT2D eigenvalue weighted by atomic mass is 9.89. The van der Waals surface area contributed by atoms with E-state index in [-0.39, 0.29) is 0 Å². The summed E-state index contributed by atoms with van der Waals surface area (Å²) in [6.45, 7) is 2.45. The van der Waals surface area contributed by atoms with E-state index in [4.69, 9.17) is 4.74 Å². The Kier molecular flexibility index (Phi) is 1.93. The number of fused-ring (bicyclic) bond motifs is 1. The lowest BCUT2D eigenvalue weighted by Crippen LogP contribution is -2.33. The zero-order valence-electron chi connectivity index (χ0n) is 7.62. The molecular formula is C11H12O2. The molecule has 0 aromatic heterocycles. The Balaban J connectivity index is 2.54. The maximum Gasteiger partial charge on any atom is 0.156 e. The van der Waals surface area contributed by atoms with Gasteiger partial charge in [0.2, 0.25) is 0 Å². The number of carbonyl (C=O) groups is 1. The Morgan fingerprint density at radius 2 is 2.23 bits per heavy atom. The van der Waals surface area contributed by atoms with Gasteiger partial charge in [-0.05, 0) is 24.5 Å². The van der Waals surface area contributed by atoms with Crippen LogP contribution in [0.4, 0.5) is 0 Å². The molecule has 0 saturated heterocycles. The van der Waals surface area contributed by atoms with Crippen LogP contribution in [0.5, 0.6) is 0 Å². The standard InChI is InChI=1S/C11H12O2/c1-11(8-12)10-5-3-2-4-9(10)6-7-13-11/h2-5,8H,6-7H2,1H3/t11-/m1/s1. The van der Waals surface area contributed by atoms with E-state index in [1.165, 1.54) is 5.56 Å². The fraction of sp³-hybridized carbons (Fsp3) is 0.364. The summed E-state index contributed by atoms with van der Waals surface area (Å²) in [5.74, 6) is 0. The second-order valence-corrected chi connectivity index (χ2v) is 3.48. The van der Waals surface area contributed by atoms with Crippen molar-refractivity contribution in [1.29, 1.82) is 0 Å². The third-order valence-corrected chi connectivity index (χ3v) is 2.55. The van der Waals surface area contributed by atoms with Crippen molar-refractivity contribution in [3.8, 4) is 0 Å². The summed E-state index contributed by atoms with van der Waals surface area (Å²) >= 11 is 0. The zero-order valence-corrected chi connectivity index (χ0v) is 7.62. The third kappa shape index (κ3) is 1.27. The first-order valence-electron chi connectivity index (χ1n) is 4.45. The van der Waals surface area contributed by atoms with E-state index in [0.29, 0.717) is 6.61 Å². The van der Waals surface area contributed by atoms with Crippen molar-refractivity contribution in [3.63, 3.8) is 0 Å². The van der Waals surface area contributed by atoms with E-state index < -0.39 is 5.60 Å². The molecule has 1 aliphatic heterocycles. The highest BCUT2D eigenvalue weighted by Gasteiger charge is 2.32. The van der Waals surface area contributed by atoms with Crippen molar-refractivity contribution in [2.24, 2.45) is 0 Å². The fourth-order valence-electron chi connectivity index (χ4n) is 1.77. The number of carbonyl (C=O) groups excluding carboxylic acids is 1. The first kappa shape index (κ1) is 8.45. The predicted molar refractivity (Wildman–Crippen MR) is 49.5 cm³/mol. The zero-order chi connectivity index (χ0) is 9.31. The van der Waals surface area contributed by atoms with Crippen LogP contribution in [0.15, 0.2) is 24.3 Å². The Bertz CT molecular complexity index is 333. The summed E-state index contributed by atoms with van der Waals surface area (Å²) in [7, 11) is 0. The SMILES string of the molecule is C[C@]1(C=O)OCCc2ccccc21. The van der Waals surface area contributed by atoms with Crippen LogP contribution in [-0.4, -0.2) is 12.9 Å². The molecule has 2 nitrogen and oxygen atoms in total. The summed E-state index contributed by atoms with van der Waals surface area (Å²) in [6, 6.07) is 7.95. The van der Waals surface area contributed by atoms with Gasteiger partial charge in [-0.3, -0.25) is 4.79 Å². The Labute approximate surface area is 77.5 Å². The molecule has 13 heavy (non-hydrogen) atoms. The monoisotopic (exact) mass is 176 g/mol.